The van der Waals surface area contributed by atoms with Crippen LogP contribution < -0.4 is 5.32 Å². The molecule has 0 aromatic heterocycles. The molecular formula is C21H39N2O4-. The summed E-state index contributed by atoms with van der Waals surface area (Å²) >= 11 is 0. The third kappa shape index (κ3) is 7.78. The Morgan fingerprint density at radius 1 is 0.963 bits per heavy atom. The lowest BCUT2D eigenvalue weighted by Crippen LogP contribution is -2.48. The Morgan fingerprint density at radius 3 is 1.89 bits per heavy atom. The maximum Gasteiger partial charge on any atom is 0.303 e. The van der Waals surface area contributed by atoms with Gasteiger partial charge in [0.15, 0.2) is 0 Å². The van der Waals surface area contributed by atoms with Gasteiger partial charge in [-0.3, -0.25) is 9.59 Å². The smallest absolute Gasteiger partial charge is 0.303 e. The van der Waals surface area contributed by atoms with Crippen LogP contribution >= 0.6 is 0 Å². The van der Waals surface area contributed by atoms with Crippen molar-refractivity contribution in [2.75, 3.05) is 6.54 Å². The van der Waals surface area contributed by atoms with Gasteiger partial charge in [0, 0.05) is 24.0 Å². The number of nitrogens with one attached hydrogen (secondary N) is 1. The lowest BCUT2D eigenvalue weighted by atomic mass is 9.86. The number of carboxylic acids is 1. The van der Waals surface area contributed by atoms with Gasteiger partial charge >= 0.3 is 5.97 Å². The molecule has 6 heteroatoms. The van der Waals surface area contributed by atoms with Crippen molar-refractivity contribution in [1.29, 1.82) is 0 Å². The number of nitrogens with zero attached hydrogens (tertiary/aromatic N) is 1. The second-order valence-electron chi connectivity index (χ2n) is 9.13. The predicted octanol–water partition coefficient (Wildman–Crippen LogP) is 4.47. The van der Waals surface area contributed by atoms with Gasteiger partial charge in [-0.15, -0.1) is 0 Å². The number of carbonyl (C=O) groups excluding carboxylic acids is 1. The summed E-state index contributed by atoms with van der Waals surface area (Å²) in [5.41, 5.74) is -1.14. The number of rotatable bonds is 13. The second kappa shape index (κ2) is 11.0. The first-order chi connectivity index (χ1) is 12.6. The maximum absolute atomic E-state index is 12.5. The molecule has 1 aliphatic rings. The van der Waals surface area contributed by atoms with E-state index in [1.807, 2.05) is 27.7 Å². The Labute approximate surface area is 164 Å². The molecule has 2 N–H and O–H groups in total. The molecule has 0 aliphatic carbocycles. The SMILES string of the molecule is CC1(C)CC(C(=O)NCCCCCCCCCCCC(=O)O)C(C)(C)N1[O-]. The van der Waals surface area contributed by atoms with Crippen LogP contribution in [0.5, 0.6) is 0 Å². The van der Waals surface area contributed by atoms with Crippen LogP contribution in [-0.4, -0.2) is 39.7 Å². The van der Waals surface area contributed by atoms with Crippen molar-refractivity contribution in [2.45, 2.75) is 109 Å². The molecule has 1 amide bonds. The number of hydroxylamine groups is 2. The Hall–Kier alpha value is -1.14. The molecule has 0 aromatic carbocycles. The third-order valence-electron chi connectivity index (χ3n) is 5.81. The zero-order valence-corrected chi connectivity index (χ0v) is 17.7. The Morgan fingerprint density at radius 2 is 1.44 bits per heavy atom. The van der Waals surface area contributed by atoms with Crippen LogP contribution in [0.1, 0.15) is 98.3 Å². The largest absolute Gasteiger partial charge is 0.784 e. The van der Waals surface area contributed by atoms with Crippen molar-refractivity contribution < 1.29 is 14.7 Å². The number of hydrogen-bond donors (Lipinski definition) is 2. The molecule has 0 radical (unpaired) electrons. The highest BCUT2D eigenvalue weighted by atomic mass is 16.5. The summed E-state index contributed by atoms with van der Waals surface area (Å²) in [6, 6.07) is 0. The van der Waals surface area contributed by atoms with Crippen LogP contribution in [0.4, 0.5) is 0 Å². The van der Waals surface area contributed by atoms with Crippen molar-refractivity contribution in [2.24, 2.45) is 5.92 Å². The van der Waals surface area contributed by atoms with Crippen LogP contribution in [0.15, 0.2) is 0 Å². The zero-order chi connectivity index (χ0) is 20.5. The fraction of sp³-hybridized carbons (Fsp3) is 0.905. The van der Waals surface area contributed by atoms with Gasteiger partial charge in [0.05, 0.1) is 5.92 Å². The van der Waals surface area contributed by atoms with E-state index in [0.29, 0.717) is 13.0 Å². The average molecular weight is 384 g/mol. The molecule has 1 saturated heterocycles. The van der Waals surface area contributed by atoms with E-state index in [2.05, 4.69) is 5.32 Å². The van der Waals surface area contributed by atoms with Crippen LogP contribution in [0, 0.1) is 11.1 Å². The fourth-order valence-corrected chi connectivity index (χ4v) is 4.14. The fourth-order valence-electron chi connectivity index (χ4n) is 4.14. The van der Waals surface area contributed by atoms with Crippen molar-refractivity contribution in [1.82, 2.24) is 10.4 Å². The molecule has 1 atom stereocenters. The number of amides is 1. The third-order valence-corrected chi connectivity index (χ3v) is 5.81. The molecule has 1 unspecified atom stereocenters. The average Bonchev–Trinajstić information content (AvgIpc) is 2.75. The van der Waals surface area contributed by atoms with E-state index in [1.165, 1.54) is 25.7 Å². The molecule has 1 heterocycles. The normalized spacial score (nSPS) is 21.3. The summed E-state index contributed by atoms with van der Waals surface area (Å²) in [6.45, 7) is 8.21. The molecule has 0 aromatic rings. The molecule has 158 valence electrons. The highest BCUT2D eigenvalue weighted by molar-refractivity contribution is 5.80. The van der Waals surface area contributed by atoms with E-state index < -0.39 is 17.0 Å². The molecule has 1 rings (SSSR count). The van der Waals surface area contributed by atoms with E-state index in [1.54, 1.807) is 0 Å². The van der Waals surface area contributed by atoms with Gasteiger partial charge in [-0.2, -0.15) is 0 Å². The topological polar surface area (TPSA) is 92.7 Å². The Kier molecular flexibility index (Phi) is 9.74. The molecular weight excluding hydrogens is 344 g/mol. The monoisotopic (exact) mass is 383 g/mol. The van der Waals surface area contributed by atoms with E-state index in [0.717, 1.165) is 37.2 Å². The molecule has 0 spiro atoms. The molecule has 0 bridgehead atoms. The summed E-state index contributed by atoms with van der Waals surface area (Å²) in [5.74, 6) is -0.952. The summed E-state index contributed by atoms with van der Waals surface area (Å²) in [4.78, 5) is 22.9. The van der Waals surface area contributed by atoms with Crippen LogP contribution in [0.3, 0.4) is 0 Å². The highest BCUT2D eigenvalue weighted by Gasteiger charge is 2.49. The molecule has 0 saturated carbocycles. The standard InChI is InChI=1S/C21H39N2O4/c1-20(2)16-17(21(3,4)23(20)27)19(26)22-15-13-11-9-7-5-6-8-10-12-14-18(24)25/h17H,5-16H2,1-4H3,(H,22,26)(H,24,25)/q-1. The zero-order valence-electron chi connectivity index (χ0n) is 17.7. The minimum Gasteiger partial charge on any atom is -0.784 e. The first kappa shape index (κ1) is 23.9. The molecule has 27 heavy (non-hydrogen) atoms. The number of unbranched alkanes of at least 4 members (excludes halogenated alkanes) is 8. The lowest BCUT2D eigenvalue weighted by Gasteiger charge is -2.47. The number of carboxylic acid groups (broad SMARTS) is 1. The van der Waals surface area contributed by atoms with Crippen LogP contribution in [-0.2, 0) is 9.59 Å². The van der Waals surface area contributed by atoms with Crippen LogP contribution in [0.25, 0.3) is 0 Å². The van der Waals surface area contributed by atoms with Gasteiger partial charge in [-0.25, -0.2) is 0 Å². The predicted molar refractivity (Wildman–Crippen MR) is 108 cm³/mol. The summed E-state index contributed by atoms with van der Waals surface area (Å²) < 4.78 is 0. The molecule has 1 aliphatic heterocycles. The van der Waals surface area contributed by atoms with Gasteiger partial charge in [0.1, 0.15) is 0 Å². The maximum atomic E-state index is 12.5. The van der Waals surface area contributed by atoms with Gasteiger partial charge in [0.2, 0.25) is 5.91 Å². The highest BCUT2D eigenvalue weighted by Crippen LogP contribution is 2.44. The van der Waals surface area contributed by atoms with E-state index >= 15 is 0 Å². The molecule has 1 fully saturated rings. The van der Waals surface area contributed by atoms with Gasteiger partial charge in [0.25, 0.3) is 0 Å². The van der Waals surface area contributed by atoms with Crippen molar-refractivity contribution >= 4 is 11.9 Å². The minimum absolute atomic E-state index is 0.00721. The van der Waals surface area contributed by atoms with Crippen molar-refractivity contribution in [3.63, 3.8) is 0 Å². The van der Waals surface area contributed by atoms with E-state index in [9.17, 15) is 14.8 Å². The Balaban J connectivity index is 2.04. The van der Waals surface area contributed by atoms with Gasteiger partial charge in [-0.05, 0) is 47.0 Å². The van der Waals surface area contributed by atoms with Gasteiger partial charge < -0.3 is 20.7 Å². The number of aliphatic carboxylic acids is 1. The van der Waals surface area contributed by atoms with E-state index in [-0.39, 0.29) is 18.2 Å². The van der Waals surface area contributed by atoms with Crippen LogP contribution in [0.2, 0.25) is 0 Å². The lowest BCUT2D eigenvalue weighted by molar-refractivity contribution is -0.137. The first-order valence-corrected chi connectivity index (χ1v) is 10.6. The minimum atomic E-state index is -0.701. The number of hydrogen-bond acceptors (Lipinski definition) is 4. The summed E-state index contributed by atoms with van der Waals surface area (Å²) in [5, 5.41) is 25.0. The summed E-state index contributed by atoms with van der Waals surface area (Å²) in [6.07, 6.45) is 10.6. The molecule has 6 nitrogen and oxygen atoms in total. The van der Waals surface area contributed by atoms with E-state index in [4.69, 9.17) is 5.11 Å². The second-order valence-corrected chi connectivity index (χ2v) is 9.13. The first-order valence-electron chi connectivity index (χ1n) is 10.6. The number of carbonyl (C=O) groups is 2. The summed E-state index contributed by atoms with van der Waals surface area (Å²) in [7, 11) is 0. The van der Waals surface area contributed by atoms with Gasteiger partial charge in [-0.1, -0.05) is 44.9 Å². The van der Waals surface area contributed by atoms with Crippen molar-refractivity contribution in [3.8, 4) is 0 Å². The van der Waals surface area contributed by atoms with Crippen molar-refractivity contribution in [3.05, 3.63) is 5.21 Å². The quantitative estimate of drug-likeness (QED) is 0.458. The Bertz CT molecular complexity index is 477.